The van der Waals surface area contributed by atoms with E-state index >= 15 is 0 Å². The quantitative estimate of drug-likeness (QED) is 0.507. The van der Waals surface area contributed by atoms with Crippen LogP contribution in [-0.2, 0) is 6.42 Å². The van der Waals surface area contributed by atoms with Crippen molar-refractivity contribution < 1.29 is 4.39 Å². The summed E-state index contributed by atoms with van der Waals surface area (Å²) in [5.41, 5.74) is 10.6. The molecule has 0 aliphatic heterocycles. The van der Waals surface area contributed by atoms with Gasteiger partial charge in [0.1, 0.15) is 5.82 Å². The minimum Gasteiger partial charge on any atom is -0.375 e. The smallest absolute Gasteiger partial charge is 0.184 e. The number of nitrogens with two attached hydrogens (primary N) is 1. The van der Waals surface area contributed by atoms with E-state index in [1.54, 1.807) is 6.07 Å². The lowest BCUT2D eigenvalue weighted by molar-refractivity contribution is 0.627. The van der Waals surface area contributed by atoms with Crippen molar-refractivity contribution in [2.24, 2.45) is 10.8 Å². The van der Waals surface area contributed by atoms with E-state index in [4.69, 9.17) is 18.0 Å². The van der Waals surface area contributed by atoms with Gasteiger partial charge in [0.05, 0.1) is 5.71 Å². The van der Waals surface area contributed by atoms with Crippen molar-refractivity contribution in [1.82, 2.24) is 5.43 Å². The van der Waals surface area contributed by atoms with Gasteiger partial charge in [0, 0.05) is 5.56 Å². The van der Waals surface area contributed by atoms with E-state index < -0.39 is 0 Å². The summed E-state index contributed by atoms with van der Waals surface area (Å²) in [7, 11) is 0. The highest BCUT2D eigenvalue weighted by atomic mass is 32.1. The SMILES string of the molecule is NC(=S)N/N=C(/CCc1ccccc1)c1cccc(F)c1. The first-order chi connectivity index (χ1) is 10.1. The van der Waals surface area contributed by atoms with Gasteiger partial charge in [-0.15, -0.1) is 0 Å². The standard InChI is InChI=1S/C16H16FN3S/c17-14-8-4-7-13(11-14)15(19-20-16(18)21)10-9-12-5-2-1-3-6-12/h1-8,11H,9-10H2,(H3,18,20,21)/b19-15-. The zero-order valence-electron chi connectivity index (χ0n) is 11.4. The molecule has 0 unspecified atom stereocenters. The van der Waals surface area contributed by atoms with E-state index in [1.165, 1.54) is 17.7 Å². The van der Waals surface area contributed by atoms with Gasteiger partial charge in [-0.25, -0.2) is 4.39 Å². The molecule has 5 heteroatoms. The summed E-state index contributed by atoms with van der Waals surface area (Å²) in [4.78, 5) is 0. The maximum absolute atomic E-state index is 13.4. The lowest BCUT2D eigenvalue weighted by atomic mass is 10.0. The van der Waals surface area contributed by atoms with E-state index in [0.29, 0.717) is 12.1 Å². The topological polar surface area (TPSA) is 50.4 Å². The third-order valence-corrected chi connectivity index (χ3v) is 3.04. The summed E-state index contributed by atoms with van der Waals surface area (Å²) < 4.78 is 13.4. The number of hydrazone groups is 1. The van der Waals surface area contributed by atoms with Gasteiger partial charge in [-0.2, -0.15) is 5.10 Å². The van der Waals surface area contributed by atoms with Gasteiger partial charge in [-0.1, -0.05) is 42.5 Å². The predicted octanol–water partition coefficient (Wildman–Crippen LogP) is 3.00. The lowest BCUT2D eigenvalue weighted by Crippen LogP contribution is -2.25. The van der Waals surface area contributed by atoms with Crippen molar-refractivity contribution in [3.05, 3.63) is 71.5 Å². The molecule has 3 N–H and O–H groups in total. The molecule has 0 saturated carbocycles. The van der Waals surface area contributed by atoms with Crippen LogP contribution in [0.3, 0.4) is 0 Å². The highest BCUT2D eigenvalue weighted by Crippen LogP contribution is 2.11. The molecule has 2 aromatic carbocycles. The van der Waals surface area contributed by atoms with Crippen LogP contribution in [0.25, 0.3) is 0 Å². The average Bonchev–Trinajstić information content (AvgIpc) is 2.48. The van der Waals surface area contributed by atoms with Crippen LogP contribution in [0.4, 0.5) is 4.39 Å². The molecule has 0 aliphatic rings. The molecule has 0 atom stereocenters. The molecule has 2 aromatic rings. The summed E-state index contributed by atoms with van der Waals surface area (Å²) in [5.74, 6) is -0.296. The first-order valence-electron chi connectivity index (χ1n) is 6.57. The lowest BCUT2D eigenvalue weighted by Gasteiger charge is -2.08. The van der Waals surface area contributed by atoms with Gasteiger partial charge in [0.2, 0.25) is 0 Å². The van der Waals surface area contributed by atoms with E-state index in [9.17, 15) is 4.39 Å². The second-order valence-corrected chi connectivity index (χ2v) is 4.97. The molecule has 0 saturated heterocycles. The van der Waals surface area contributed by atoms with Crippen molar-refractivity contribution in [2.75, 3.05) is 0 Å². The van der Waals surface area contributed by atoms with Crippen LogP contribution in [0.1, 0.15) is 17.5 Å². The van der Waals surface area contributed by atoms with Crippen molar-refractivity contribution in [2.45, 2.75) is 12.8 Å². The molecule has 0 amide bonds. The number of hydrogen-bond donors (Lipinski definition) is 2. The largest absolute Gasteiger partial charge is 0.375 e. The van der Waals surface area contributed by atoms with Crippen molar-refractivity contribution in [3.8, 4) is 0 Å². The Morgan fingerprint density at radius 2 is 1.90 bits per heavy atom. The number of aryl methyl sites for hydroxylation is 1. The van der Waals surface area contributed by atoms with Gasteiger partial charge >= 0.3 is 0 Å². The summed E-state index contributed by atoms with van der Waals surface area (Å²) in [6, 6.07) is 16.4. The molecule has 0 aliphatic carbocycles. The fourth-order valence-corrected chi connectivity index (χ4v) is 2.01. The van der Waals surface area contributed by atoms with Gasteiger partial charge in [0.15, 0.2) is 5.11 Å². The molecule has 0 bridgehead atoms. The zero-order valence-corrected chi connectivity index (χ0v) is 12.2. The molecule has 21 heavy (non-hydrogen) atoms. The first kappa shape index (κ1) is 15.1. The third kappa shape index (κ3) is 4.96. The molecule has 3 nitrogen and oxygen atoms in total. The molecular weight excluding hydrogens is 285 g/mol. The fraction of sp³-hybridized carbons (Fsp3) is 0.125. The van der Waals surface area contributed by atoms with Crippen molar-refractivity contribution >= 4 is 23.0 Å². The minimum absolute atomic E-state index is 0.0867. The Bertz CT molecular complexity index is 641. The normalized spacial score (nSPS) is 11.2. The number of nitrogens with zero attached hydrogens (tertiary/aromatic N) is 1. The summed E-state index contributed by atoms with van der Waals surface area (Å²) >= 11 is 4.75. The fourth-order valence-electron chi connectivity index (χ4n) is 1.96. The molecule has 0 radical (unpaired) electrons. The van der Waals surface area contributed by atoms with Crippen LogP contribution in [-0.4, -0.2) is 10.8 Å². The number of nitrogens with one attached hydrogen (secondary N) is 1. The summed E-state index contributed by atoms with van der Waals surface area (Å²) in [5, 5.41) is 4.27. The molecule has 108 valence electrons. The number of rotatable bonds is 5. The maximum Gasteiger partial charge on any atom is 0.184 e. The second-order valence-electron chi connectivity index (χ2n) is 4.53. The number of halogens is 1. The van der Waals surface area contributed by atoms with E-state index in [2.05, 4.69) is 10.5 Å². The van der Waals surface area contributed by atoms with E-state index in [-0.39, 0.29) is 10.9 Å². The molecule has 0 heterocycles. The Balaban J connectivity index is 2.16. The third-order valence-electron chi connectivity index (χ3n) is 2.95. The van der Waals surface area contributed by atoms with Crippen LogP contribution in [0, 0.1) is 5.82 Å². The highest BCUT2D eigenvalue weighted by Gasteiger charge is 2.06. The Hall–Kier alpha value is -2.27. The van der Waals surface area contributed by atoms with Crippen LogP contribution in [0.15, 0.2) is 59.7 Å². The van der Waals surface area contributed by atoms with E-state index in [1.807, 2.05) is 36.4 Å². The van der Waals surface area contributed by atoms with Gasteiger partial charge in [-0.05, 0) is 42.8 Å². The van der Waals surface area contributed by atoms with Crippen molar-refractivity contribution in [3.63, 3.8) is 0 Å². The number of hydrogen-bond acceptors (Lipinski definition) is 2. The van der Waals surface area contributed by atoms with Crippen LogP contribution in [0.5, 0.6) is 0 Å². The Morgan fingerprint density at radius 3 is 2.57 bits per heavy atom. The zero-order chi connectivity index (χ0) is 15.1. The maximum atomic E-state index is 13.4. The second kappa shape index (κ2) is 7.50. The highest BCUT2D eigenvalue weighted by molar-refractivity contribution is 7.80. The summed E-state index contributed by atoms with van der Waals surface area (Å²) in [6.45, 7) is 0. The van der Waals surface area contributed by atoms with Gasteiger partial charge < -0.3 is 5.73 Å². The molecule has 0 spiro atoms. The van der Waals surface area contributed by atoms with Crippen LogP contribution < -0.4 is 11.2 Å². The van der Waals surface area contributed by atoms with Gasteiger partial charge in [-0.3, -0.25) is 5.43 Å². The predicted molar refractivity (Wildman–Crippen MR) is 87.6 cm³/mol. The van der Waals surface area contributed by atoms with E-state index in [0.717, 1.165) is 12.0 Å². The minimum atomic E-state index is -0.296. The first-order valence-corrected chi connectivity index (χ1v) is 6.98. The Labute approximate surface area is 128 Å². The monoisotopic (exact) mass is 301 g/mol. The number of benzene rings is 2. The van der Waals surface area contributed by atoms with Gasteiger partial charge in [0.25, 0.3) is 0 Å². The molecule has 2 rings (SSSR count). The van der Waals surface area contributed by atoms with Crippen LogP contribution >= 0.6 is 12.2 Å². The molecule has 0 aromatic heterocycles. The Morgan fingerprint density at radius 1 is 1.14 bits per heavy atom. The molecule has 0 fully saturated rings. The summed E-state index contributed by atoms with van der Waals surface area (Å²) in [6.07, 6.45) is 1.46. The number of thiocarbonyl (C=S) groups is 1. The molecular formula is C16H16FN3S. The van der Waals surface area contributed by atoms with Crippen LogP contribution in [0.2, 0.25) is 0 Å². The Kier molecular flexibility index (Phi) is 5.40. The average molecular weight is 301 g/mol. The van der Waals surface area contributed by atoms with Crippen molar-refractivity contribution in [1.29, 1.82) is 0 Å².